The van der Waals surface area contributed by atoms with Gasteiger partial charge < -0.3 is 5.73 Å². The van der Waals surface area contributed by atoms with Crippen molar-refractivity contribution in [3.05, 3.63) is 24.0 Å². The number of pyridine rings is 1. The van der Waals surface area contributed by atoms with Crippen LogP contribution in [0.1, 0.15) is 25.8 Å². The third-order valence-electron chi connectivity index (χ3n) is 2.02. The number of nitrogens with two attached hydrogens (primary N) is 1. The highest BCUT2D eigenvalue weighted by atomic mass is 32.2. The van der Waals surface area contributed by atoms with E-state index < -0.39 is 0 Å². The molecular weight excluding hydrogens is 192 g/mol. The SMILES string of the molecule is CCc1cncc(SCCC(C)N)c1. The van der Waals surface area contributed by atoms with Gasteiger partial charge in [-0.05, 0) is 37.1 Å². The summed E-state index contributed by atoms with van der Waals surface area (Å²) < 4.78 is 0. The summed E-state index contributed by atoms with van der Waals surface area (Å²) in [7, 11) is 0. The fraction of sp³-hybridized carbons (Fsp3) is 0.545. The van der Waals surface area contributed by atoms with Gasteiger partial charge in [-0.25, -0.2) is 0 Å². The maximum Gasteiger partial charge on any atom is 0.0404 e. The Bertz CT molecular complexity index is 274. The Balaban J connectivity index is 2.42. The van der Waals surface area contributed by atoms with Crippen LogP contribution in [0, 0.1) is 0 Å². The van der Waals surface area contributed by atoms with Gasteiger partial charge >= 0.3 is 0 Å². The Morgan fingerprint density at radius 3 is 2.93 bits per heavy atom. The number of aromatic nitrogens is 1. The molecule has 1 atom stereocenters. The molecule has 0 saturated carbocycles. The van der Waals surface area contributed by atoms with Crippen molar-refractivity contribution in [2.45, 2.75) is 37.6 Å². The molecule has 1 heterocycles. The third-order valence-corrected chi connectivity index (χ3v) is 3.02. The summed E-state index contributed by atoms with van der Waals surface area (Å²) in [6.07, 6.45) is 5.95. The van der Waals surface area contributed by atoms with E-state index >= 15 is 0 Å². The van der Waals surface area contributed by atoms with Crippen LogP contribution in [0.2, 0.25) is 0 Å². The molecule has 0 amide bonds. The van der Waals surface area contributed by atoms with Gasteiger partial charge in [-0.15, -0.1) is 11.8 Å². The molecule has 0 aliphatic rings. The van der Waals surface area contributed by atoms with E-state index in [0.29, 0.717) is 6.04 Å². The topological polar surface area (TPSA) is 38.9 Å². The van der Waals surface area contributed by atoms with Gasteiger partial charge in [-0.3, -0.25) is 4.98 Å². The Morgan fingerprint density at radius 1 is 1.50 bits per heavy atom. The lowest BCUT2D eigenvalue weighted by Crippen LogP contribution is -2.15. The van der Waals surface area contributed by atoms with Crippen molar-refractivity contribution >= 4 is 11.8 Å². The van der Waals surface area contributed by atoms with E-state index in [9.17, 15) is 0 Å². The minimum absolute atomic E-state index is 0.296. The van der Waals surface area contributed by atoms with Crippen molar-refractivity contribution in [3.8, 4) is 0 Å². The molecule has 0 aliphatic carbocycles. The van der Waals surface area contributed by atoms with Gasteiger partial charge in [0, 0.05) is 23.3 Å². The first kappa shape index (κ1) is 11.5. The van der Waals surface area contributed by atoms with Crippen LogP contribution >= 0.6 is 11.8 Å². The van der Waals surface area contributed by atoms with Crippen LogP contribution in [0.4, 0.5) is 0 Å². The molecule has 14 heavy (non-hydrogen) atoms. The largest absolute Gasteiger partial charge is 0.328 e. The molecule has 2 nitrogen and oxygen atoms in total. The first-order valence-electron chi connectivity index (χ1n) is 5.04. The Kier molecular flexibility index (Phi) is 4.98. The number of rotatable bonds is 5. The summed E-state index contributed by atoms with van der Waals surface area (Å²) in [5.41, 5.74) is 6.99. The monoisotopic (exact) mass is 210 g/mol. The molecule has 0 bridgehead atoms. The highest BCUT2D eigenvalue weighted by Crippen LogP contribution is 2.19. The van der Waals surface area contributed by atoms with Gasteiger partial charge in [0.15, 0.2) is 0 Å². The summed E-state index contributed by atoms with van der Waals surface area (Å²) in [5.74, 6) is 1.08. The minimum Gasteiger partial charge on any atom is -0.328 e. The van der Waals surface area contributed by atoms with E-state index in [4.69, 9.17) is 5.73 Å². The first-order chi connectivity index (χ1) is 6.72. The van der Waals surface area contributed by atoms with Crippen molar-refractivity contribution < 1.29 is 0 Å². The average Bonchev–Trinajstić information content (AvgIpc) is 2.18. The zero-order chi connectivity index (χ0) is 10.4. The summed E-state index contributed by atoms with van der Waals surface area (Å²) in [6.45, 7) is 4.19. The predicted molar refractivity (Wildman–Crippen MR) is 62.6 cm³/mol. The number of nitrogens with zero attached hydrogens (tertiary/aromatic N) is 1. The molecule has 3 heteroatoms. The Hall–Kier alpha value is -0.540. The average molecular weight is 210 g/mol. The van der Waals surface area contributed by atoms with Crippen LogP contribution in [0.3, 0.4) is 0 Å². The zero-order valence-electron chi connectivity index (χ0n) is 8.86. The fourth-order valence-electron chi connectivity index (χ4n) is 1.10. The number of hydrogen-bond acceptors (Lipinski definition) is 3. The fourth-order valence-corrected chi connectivity index (χ4v) is 2.19. The Morgan fingerprint density at radius 2 is 2.29 bits per heavy atom. The molecule has 1 aromatic heterocycles. The van der Waals surface area contributed by atoms with Gasteiger partial charge in [0.05, 0.1) is 0 Å². The lowest BCUT2D eigenvalue weighted by molar-refractivity contribution is 0.721. The standard InChI is InChI=1S/C11H18N2S/c1-3-10-6-11(8-13-7-10)14-5-4-9(2)12/h6-9H,3-5,12H2,1-2H3. The van der Waals surface area contributed by atoms with Gasteiger partial charge in [0.2, 0.25) is 0 Å². The molecule has 0 fully saturated rings. The smallest absolute Gasteiger partial charge is 0.0404 e. The lowest BCUT2D eigenvalue weighted by atomic mass is 10.2. The molecule has 2 N–H and O–H groups in total. The normalized spacial score (nSPS) is 12.8. The van der Waals surface area contributed by atoms with E-state index in [1.165, 1.54) is 10.5 Å². The van der Waals surface area contributed by atoms with Crippen LogP contribution in [0.5, 0.6) is 0 Å². The van der Waals surface area contributed by atoms with Gasteiger partial charge in [-0.2, -0.15) is 0 Å². The van der Waals surface area contributed by atoms with E-state index in [-0.39, 0.29) is 0 Å². The number of thioether (sulfide) groups is 1. The molecule has 0 radical (unpaired) electrons. The summed E-state index contributed by atoms with van der Waals surface area (Å²) in [6, 6.07) is 2.50. The zero-order valence-corrected chi connectivity index (χ0v) is 9.68. The van der Waals surface area contributed by atoms with Crippen molar-refractivity contribution in [1.82, 2.24) is 4.98 Å². The maximum atomic E-state index is 5.68. The summed E-state index contributed by atoms with van der Waals surface area (Å²) in [4.78, 5) is 5.46. The molecule has 0 aliphatic heterocycles. The van der Waals surface area contributed by atoms with Crippen molar-refractivity contribution in [2.24, 2.45) is 5.73 Å². The second-order valence-corrected chi connectivity index (χ2v) is 4.67. The molecule has 78 valence electrons. The maximum absolute atomic E-state index is 5.68. The molecular formula is C11H18N2S. The predicted octanol–water partition coefficient (Wildman–Crippen LogP) is 2.47. The van der Waals surface area contributed by atoms with Gasteiger partial charge in [0.25, 0.3) is 0 Å². The number of aryl methyl sites for hydroxylation is 1. The van der Waals surface area contributed by atoms with Gasteiger partial charge in [0.1, 0.15) is 0 Å². The van der Waals surface area contributed by atoms with Crippen molar-refractivity contribution in [3.63, 3.8) is 0 Å². The molecule has 0 saturated heterocycles. The van der Waals surface area contributed by atoms with E-state index in [1.54, 1.807) is 0 Å². The second-order valence-electron chi connectivity index (χ2n) is 3.50. The van der Waals surface area contributed by atoms with Crippen LogP contribution in [-0.4, -0.2) is 16.8 Å². The summed E-state index contributed by atoms with van der Waals surface area (Å²) in [5, 5.41) is 0. The highest BCUT2D eigenvalue weighted by Gasteiger charge is 1.98. The highest BCUT2D eigenvalue weighted by molar-refractivity contribution is 7.99. The van der Waals surface area contributed by atoms with E-state index in [2.05, 4.69) is 18.0 Å². The number of hydrogen-bond donors (Lipinski definition) is 1. The van der Waals surface area contributed by atoms with Crippen LogP contribution in [0.15, 0.2) is 23.4 Å². The first-order valence-corrected chi connectivity index (χ1v) is 6.03. The molecule has 1 aromatic rings. The minimum atomic E-state index is 0.296. The van der Waals surface area contributed by atoms with E-state index in [1.807, 2.05) is 31.1 Å². The van der Waals surface area contributed by atoms with Crippen molar-refractivity contribution in [2.75, 3.05) is 5.75 Å². The van der Waals surface area contributed by atoms with Crippen molar-refractivity contribution in [1.29, 1.82) is 0 Å². The van der Waals surface area contributed by atoms with Crippen LogP contribution in [0.25, 0.3) is 0 Å². The molecule has 0 spiro atoms. The van der Waals surface area contributed by atoms with Crippen LogP contribution < -0.4 is 5.73 Å². The summed E-state index contributed by atoms with van der Waals surface area (Å²) >= 11 is 1.84. The third kappa shape index (κ3) is 4.11. The van der Waals surface area contributed by atoms with Crippen LogP contribution in [-0.2, 0) is 6.42 Å². The van der Waals surface area contributed by atoms with E-state index in [0.717, 1.165) is 18.6 Å². The lowest BCUT2D eigenvalue weighted by Gasteiger charge is -2.05. The molecule has 1 rings (SSSR count). The van der Waals surface area contributed by atoms with Gasteiger partial charge in [-0.1, -0.05) is 6.92 Å². The quantitative estimate of drug-likeness (QED) is 0.759. The Labute approximate surface area is 90.3 Å². The second kappa shape index (κ2) is 6.04. The molecule has 0 aromatic carbocycles. The molecule has 1 unspecified atom stereocenters.